The fourth-order valence-corrected chi connectivity index (χ4v) is 2.92. The number of nitrogens with one attached hydrogen (secondary N) is 3. The molecule has 0 aliphatic heterocycles. The summed E-state index contributed by atoms with van der Waals surface area (Å²) in [5.74, 6) is 0.711. The van der Waals surface area contributed by atoms with Gasteiger partial charge in [0, 0.05) is 37.6 Å². The molecule has 1 amide bonds. The van der Waals surface area contributed by atoms with Crippen LogP contribution in [-0.4, -0.2) is 39.1 Å². The molecule has 140 valence electrons. The number of aliphatic imine (C=N–C) groups is 1. The van der Waals surface area contributed by atoms with Gasteiger partial charge in [0.05, 0.1) is 5.41 Å². The number of benzene rings is 1. The molecule has 0 radical (unpaired) electrons. The Labute approximate surface area is 172 Å². The Kier molecular flexibility index (Phi) is 7.99. The van der Waals surface area contributed by atoms with Crippen LogP contribution in [0.3, 0.4) is 0 Å². The van der Waals surface area contributed by atoms with Crippen molar-refractivity contribution in [1.82, 2.24) is 16.0 Å². The van der Waals surface area contributed by atoms with E-state index in [-0.39, 0.29) is 35.3 Å². The monoisotopic (exact) mass is 478 g/mol. The van der Waals surface area contributed by atoms with E-state index in [1.54, 1.807) is 14.1 Å². The molecule has 0 atom stereocenters. The number of amides is 1. The Morgan fingerprint density at radius 3 is 2.52 bits per heavy atom. The normalized spacial score (nSPS) is 15.8. The first kappa shape index (κ1) is 22.0. The van der Waals surface area contributed by atoms with Gasteiger partial charge in [0.15, 0.2) is 5.96 Å². The first-order valence-corrected chi connectivity index (χ1v) is 8.63. The number of guanidine groups is 1. The van der Waals surface area contributed by atoms with E-state index in [1.807, 2.05) is 32.0 Å². The molecule has 3 N–H and O–H groups in total. The molecular weight excluding hydrogens is 451 g/mol. The molecular formula is C18H28ClIN4O. The molecule has 25 heavy (non-hydrogen) atoms. The third-order valence-electron chi connectivity index (χ3n) is 4.65. The van der Waals surface area contributed by atoms with E-state index in [2.05, 4.69) is 27.0 Å². The zero-order valence-corrected chi connectivity index (χ0v) is 18.4. The van der Waals surface area contributed by atoms with Gasteiger partial charge >= 0.3 is 0 Å². The Balaban J connectivity index is 0.00000312. The number of halogens is 2. The molecule has 1 saturated carbocycles. The summed E-state index contributed by atoms with van der Waals surface area (Å²) in [6.45, 7) is 5.12. The number of nitrogens with zero attached hydrogens (tertiary/aromatic N) is 1. The van der Waals surface area contributed by atoms with Gasteiger partial charge < -0.3 is 16.0 Å². The highest BCUT2D eigenvalue weighted by Gasteiger charge is 2.44. The lowest BCUT2D eigenvalue weighted by atomic mass is 9.92. The maximum Gasteiger partial charge on any atom is 0.227 e. The second-order valence-electron chi connectivity index (χ2n) is 7.03. The van der Waals surface area contributed by atoms with Crippen LogP contribution in [0.15, 0.2) is 29.3 Å². The van der Waals surface area contributed by atoms with E-state index < -0.39 is 5.41 Å². The predicted molar refractivity (Wildman–Crippen MR) is 115 cm³/mol. The average Bonchev–Trinajstić information content (AvgIpc) is 3.35. The van der Waals surface area contributed by atoms with E-state index in [1.165, 1.54) is 5.56 Å². The standard InChI is InChI=1S/C18H27ClN4O.HI/c1-17(2,15(24)20-3)11-22-16(21-4)23-12-18(8-9-18)13-6-5-7-14(19)10-13;/h5-7,10H,8-9,11-12H2,1-4H3,(H,20,24)(H2,21,22,23);1H. The van der Waals surface area contributed by atoms with Gasteiger partial charge in [-0.25, -0.2) is 0 Å². The van der Waals surface area contributed by atoms with Crippen LogP contribution in [-0.2, 0) is 10.2 Å². The molecule has 7 heteroatoms. The highest BCUT2D eigenvalue weighted by molar-refractivity contribution is 14.0. The summed E-state index contributed by atoms with van der Waals surface area (Å²) in [5, 5.41) is 10.1. The van der Waals surface area contributed by atoms with Crippen molar-refractivity contribution in [3.05, 3.63) is 34.9 Å². The Morgan fingerprint density at radius 2 is 2.00 bits per heavy atom. The second-order valence-corrected chi connectivity index (χ2v) is 7.47. The molecule has 0 aromatic heterocycles. The molecule has 1 aromatic rings. The largest absolute Gasteiger partial charge is 0.359 e. The van der Waals surface area contributed by atoms with E-state index in [9.17, 15) is 4.79 Å². The van der Waals surface area contributed by atoms with E-state index in [0.717, 1.165) is 24.4 Å². The van der Waals surface area contributed by atoms with Crippen molar-refractivity contribution in [1.29, 1.82) is 0 Å². The lowest BCUT2D eigenvalue weighted by molar-refractivity contribution is -0.128. The summed E-state index contributed by atoms with van der Waals surface area (Å²) in [6.07, 6.45) is 2.28. The van der Waals surface area contributed by atoms with E-state index in [4.69, 9.17) is 11.6 Å². The Hall–Kier alpha value is -1.02. The van der Waals surface area contributed by atoms with Crippen molar-refractivity contribution < 1.29 is 4.79 Å². The zero-order valence-electron chi connectivity index (χ0n) is 15.3. The molecule has 0 saturated heterocycles. The first-order valence-electron chi connectivity index (χ1n) is 8.26. The highest BCUT2D eigenvalue weighted by Crippen LogP contribution is 2.48. The third kappa shape index (κ3) is 5.74. The van der Waals surface area contributed by atoms with Gasteiger partial charge in [-0.1, -0.05) is 23.7 Å². The Bertz CT molecular complexity index is 629. The van der Waals surface area contributed by atoms with Crippen LogP contribution in [0.2, 0.25) is 5.02 Å². The third-order valence-corrected chi connectivity index (χ3v) is 4.88. The first-order chi connectivity index (χ1) is 11.3. The van der Waals surface area contributed by atoms with Gasteiger partial charge in [-0.3, -0.25) is 9.79 Å². The van der Waals surface area contributed by atoms with Crippen molar-refractivity contribution in [3.63, 3.8) is 0 Å². The molecule has 1 fully saturated rings. The van der Waals surface area contributed by atoms with Crippen molar-refractivity contribution >= 4 is 47.4 Å². The number of rotatable bonds is 6. The number of hydrogen-bond donors (Lipinski definition) is 3. The molecule has 0 unspecified atom stereocenters. The fourth-order valence-electron chi connectivity index (χ4n) is 2.73. The highest BCUT2D eigenvalue weighted by atomic mass is 127. The van der Waals surface area contributed by atoms with Crippen molar-refractivity contribution in [2.45, 2.75) is 32.1 Å². The van der Waals surface area contributed by atoms with Crippen molar-refractivity contribution in [2.75, 3.05) is 27.2 Å². The molecule has 2 rings (SSSR count). The minimum absolute atomic E-state index is 0. The van der Waals surface area contributed by atoms with E-state index >= 15 is 0 Å². The molecule has 0 spiro atoms. The molecule has 0 bridgehead atoms. The zero-order chi connectivity index (χ0) is 17.8. The van der Waals surface area contributed by atoms with Crippen LogP contribution >= 0.6 is 35.6 Å². The summed E-state index contributed by atoms with van der Waals surface area (Å²) >= 11 is 6.12. The lowest BCUT2D eigenvalue weighted by Gasteiger charge is -2.25. The minimum Gasteiger partial charge on any atom is -0.359 e. The summed E-state index contributed by atoms with van der Waals surface area (Å²) in [5.41, 5.74) is 0.902. The van der Waals surface area contributed by atoms with Crippen LogP contribution in [0.1, 0.15) is 32.3 Å². The predicted octanol–water partition coefficient (Wildman–Crippen LogP) is 2.93. The quantitative estimate of drug-likeness (QED) is 0.335. The van der Waals surface area contributed by atoms with Gasteiger partial charge in [0.25, 0.3) is 0 Å². The van der Waals surface area contributed by atoms with Crippen LogP contribution < -0.4 is 16.0 Å². The summed E-state index contributed by atoms with van der Waals surface area (Å²) < 4.78 is 0. The van der Waals surface area contributed by atoms with Crippen LogP contribution in [0.5, 0.6) is 0 Å². The van der Waals surface area contributed by atoms with Crippen molar-refractivity contribution in [3.8, 4) is 0 Å². The van der Waals surface area contributed by atoms with Gasteiger partial charge in [-0.15, -0.1) is 24.0 Å². The summed E-state index contributed by atoms with van der Waals surface area (Å²) in [4.78, 5) is 16.1. The number of carbonyl (C=O) groups excluding carboxylic acids is 1. The summed E-state index contributed by atoms with van der Waals surface area (Å²) in [6, 6.07) is 8.07. The van der Waals surface area contributed by atoms with Crippen molar-refractivity contribution in [2.24, 2.45) is 10.4 Å². The maximum absolute atomic E-state index is 11.9. The van der Waals surface area contributed by atoms with Gasteiger partial charge in [-0.05, 0) is 44.4 Å². The SMILES string of the molecule is CN=C(NCC(C)(C)C(=O)NC)NCC1(c2cccc(Cl)c2)CC1.I. The maximum atomic E-state index is 11.9. The minimum atomic E-state index is -0.503. The van der Waals surface area contributed by atoms with Gasteiger partial charge in [0.2, 0.25) is 5.91 Å². The van der Waals surface area contributed by atoms with Crippen LogP contribution in [0.25, 0.3) is 0 Å². The summed E-state index contributed by atoms with van der Waals surface area (Å²) in [7, 11) is 3.39. The molecule has 0 heterocycles. The second kappa shape index (κ2) is 9.07. The van der Waals surface area contributed by atoms with E-state index in [0.29, 0.717) is 12.5 Å². The topological polar surface area (TPSA) is 65.5 Å². The van der Waals surface area contributed by atoms with Gasteiger partial charge in [-0.2, -0.15) is 0 Å². The van der Waals surface area contributed by atoms with Crippen LogP contribution in [0.4, 0.5) is 0 Å². The molecule has 1 aromatic carbocycles. The van der Waals surface area contributed by atoms with Crippen LogP contribution in [0, 0.1) is 5.41 Å². The molecule has 5 nitrogen and oxygen atoms in total. The Morgan fingerprint density at radius 1 is 1.32 bits per heavy atom. The number of carbonyl (C=O) groups is 1. The lowest BCUT2D eigenvalue weighted by Crippen LogP contribution is -2.48. The van der Waals surface area contributed by atoms with Gasteiger partial charge in [0.1, 0.15) is 0 Å². The average molecular weight is 479 g/mol. The molecule has 1 aliphatic carbocycles. The smallest absolute Gasteiger partial charge is 0.227 e. The number of hydrogen-bond acceptors (Lipinski definition) is 2. The fraction of sp³-hybridized carbons (Fsp3) is 0.556. The molecule has 1 aliphatic rings.